The van der Waals surface area contributed by atoms with Crippen LogP contribution in [0.25, 0.3) is 0 Å². The van der Waals surface area contributed by atoms with Crippen LogP contribution in [-0.2, 0) is 6.54 Å². The molecule has 0 fully saturated rings. The van der Waals surface area contributed by atoms with Crippen molar-refractivity contribution < 1.29 is 4.92 Å². The van der Waals surface area contributed by atoms with E-state index in [4.69, 9.17) is 23.2 Å². The molecular weight excluding hydrogens is 299 g/mol. The van der Waals surface area contributed by atoms with E-state index in [0.717, 1.165) is 11.3 Å². The van der Waals surface area contributed by atoms with Crippen LogP contribution in [0.3, 0.4) is 0 Å². The fourth-order valence-electron chi connectivity index (χ4n) is 1.91. The van der Waals surface area contributed by atoms with Crippen molar-refractivity contribution in [2.75, 3.05) is 5.32 Å². The molecule has 0 atom stereocenters. The van der Waals surface area contributed by atoms with E-state index in [0.29, 0.717) is 22.2 Å². The van der Waals surface area contributed by atoms with Crippen LogP contribution in [0.1, 0.15) is 11.1 Å². The molecule has 0 heterocycles. The summed E-state index contributed by atoms with van der Waals surface area (Å²) in [5, 5.41) is 15.1. The summed E-state index contributed by atoms with van der Waals surface area (Å²) in [6.45, 7) is 2.20. The Labute approximate surface area is 126 Å². The zero-order valence-electron chi connectivity index (χ0n) is 10.7. The minimum Gasteiger partial charge on any atom is -0.381 e. The molecule has 1 N–H and O–H groups in total. The van der Waals surface area contributed by atoms with Gasteiger partial charge in [0, 0.05) is 33.9 Å². The molecule has 104 valence electrons. The quantitative estimate of drug-likeness (QED) is 0.650. The average molecular weight is 311 g/mol. The van der Waals surface area contributed by atoms with Gasteiger partial charge in [-0.15, -0.1) is 0 Å². The van der Waals surface area contributed by atoms with Crippen LogP contribution in [0.5, 0.6) is 0 Å². The first kappa shape index (κ1) is 14.6. The highest BCUT2D eigenvalue weighted by Crippen LogP contribution is 2.25. The lowest BCUT2D eigenvalue weighted by Gasteiger charge is -2.10. The summed E-state index contributed by atoms with van der Waals surface area (Å²) in [6, 6.07) is 10.2. The molecule has 20 heavy (non-hydrogen) atoms. The Hall–Kier alpha value is -1.78. The van der Waals surface area contributed by atoms with Gasteiger partial charge in [-0.1, -0.05) is 35.3 Å². The summed E-state index contributed by atoms with van der Waals surface area (Å²) < 4.78 is 0. The lowest BCUT2D eigenvalue weighted by molar-refractivity contribution is -0.385. The van der Waals surface area contributed by atoms with Gasteiger partial charge in [-0.05, 0) is 30.7 Å². The summed E-state index contributed by atoms with van der Waals surface area (Å²) in [6.07, 6.45) is 0. The topological polar surface area (TPSA) is 55.2 Å². The highest BCUT2D eigenvalue weighted by Gasteiger charge is 2.12. The van der Waals surface area contributed by atoms with E-state index in [9.17, 15) is 10.1 Å². The van der Waals surface area contributed by atoms with E-state index in [-0.39, 0.29) is 10.6 Å². The van der Waals surface area contributed by atoms with Crippen molar-refractivity contribution in [2.24, 2.45) is 0 Å². The van der Waals surface area contributed by atoms with Crippen molar-refractivity contribution in [1.82, 2.24) is 0 Å². The Kier molecular flexibility index (Phi) is 4.47. The van der Waals surface area contributed by atoms with Gasteiger partial charge in [-0.3, -0.25) is 10.1 Å². The molecule has 0 unspecified atom stereocenters. The summed E-state index contributed by atoms with van der Waals surface area (Å²) in [4.78, 5) is 10.5. The molecule has 2 aromatic rings. The summed E-state index contributed by atoms with van der Waals surface area (Å²) >= 11 is 11.8. The first-order valence-corrected chi connectivity index (χ1v) is 6.66. The van der Waals surface area contributed by atoms with Gasteiger partial charge < -0.3 is 5.32 Å². The first-order chi connectivity index (χ1) is 9.47. The van der Waals surface area contributed by atoms with E-state index in [1.165, 1.54) is 6.07 Å². The third-order valence-electron chi connectivity index (χ3n) is 2.96. The van der Waals surface area contributed by atoms with Crippen LogP contribution < -0.4 is 5.32 Å². The molecule has 0 aliphatic heterocycles. The van der Waals surface area contributed by atoms with Gasteiger partial charge in [0.2, 0.25) is 0 Å². The first-order valence-electron chi connectivity index (χ1n) is 5.90. The standard InChI is InChI=1S/C14H12Cl2N2O2/c1-9-10(3-2-4-14(9)18(19)20)8-17-13-6-11(15)5-12(16)7-13/h2-7,17H,8H2,1H3. The van der Waals surface area contributed by atoms with Crippen LogP contribution in [0.2, 0.25) is 10.0 Å². The molecule has 4 nitrogen and oxygen atoms in total. The largest absolute Gasteiger partial charge is 0.381 e. The molecular formula is C14H12Cl2N2O2. The van der Waals surface area contributed by atoms with Crippen molar-refractivity contribution in [2.45, 2.75) is 13.5 Å². The van der Waals surface area contributed by atoms with Crippen molar-refractivity contribution >= 4 is 34.6 Å². The molecule has 0 radical (unpaired) electrons. The van der Waals surface area contributed by atoms with Crippen LogP contribution in [0.4, 0.5) is 11.4 Å². The molecule has 0 spiro atoms. The van der Waals surface area contributed by atoms with Gasteiger partial charge in [0.05, 0.1) is 4.92 Å². The van der Waals surface area contributed by atoms with E-state index >= 15 is 0 Å². The number of anilines is 1. The maximum Gasteiger partial charge on any atom is 0.272 e. The van der Waals surface area contributed by atoms with Gasteiger partial charge >= 0.3 is 0 Å². The minimum atomic E-state index is -0.380. The maximum atomic E-state index is 10.9. The number of nitro groups is 1. The number of nitrogens with zero attached hydrogens (tertiary/aromatic N) is 1. The molecule has 0 saturated carbocycles. The molecule has 0 aliphatic carbocycles. The van der Waals surface area contributed by atoms with E-state index < -0.39 is 0 Å². The fourth-order valence-corrected chi connectivity index (χ4v) is 2.44. The number of nitrogens with one attached hydrogen (secondary N) is 1. The Morgan fingerprint density at radius 1 is 1.20 bits per heavy atom. The highest BCUT2D eigenvalue weighted by molar-refractivity contribution is 6.35. The molecule has 0 saturated heterocycles. The normalized spacial score (nSPS) is 10.3. The second-order valence-corrected chi connectivity index (χ2v) is 5.20. The molecule has 2 aromatic carbocycles. The Morgan fingerprint density at radius 3 is 2.45 bits per heavy atom. The number of benzene rings is 2. The zero-order chi connectivity index (χ0) is 14.7. The monoisotopic (exact) mass is 310 g/mol. The second kappa shape index (κ2) is 6.11. The lowest BCUT2D eigenvalue weighted by Crippen LogP contribution is -2.03. The Balaban J connectivity index is 2.19. The van der Waals surface area contributed by atoms with E-state index in [1.54, 1.807) is 31.2 Å². The van der Waals surface area contributed by atoms with Crippen molar-refractivity contribution in [3.05, 3.63) is 67.7 Å². The average Bonchev–Trinajstić information content (AvgIpc) is 2.36. The third kappa shape index (κ3) is 3.40. The summed E-state index contributed by atoms with van der Waals surface area (Å²) in [5.41, 5.74) is 2.40. The Morgan fingerprint density at radius 2 is 1.85 bits per heavy atom. The van der Waals surface area contributed by atoms with Gasteiger partial charge in [0.15, 0.2) is 0 Å². The van der Waals surface area contributed by atoms with Crippen molar-refractivity contribution in [3.8, 4) is 0 Å². The third-order valence-corrected chi connectivity index (χ3v) is 3.40. The summed E-state index contributed by atoms with van der Waals surface area (Å²) in [5.74, 6) is 0. The van der Waals surface area contributed by atoms with Crippen molar-refractivity contribution in [1.29, 1.82) is 0 Å². The maximum absolute atomic E-state index is 10.9. The Bertz CT molecular complexity index is 639. The molecule has 2 rings (SSSR count). The van der Waals surface area contributed by atoms with Crippen LogP contribution in [0, 0.1) is 17.0 Å². The molecule has 0 amide bonds. The number of hydrogen-bond acceptors (Lipinski definition) is 3. The number of halogens is 2. The molecule has 0 bridgehead atoms. The minimum absolute atomic E-state index is 0.119. The molecule has 0 aliphatic rings. The number of rotatable bonds is 4. The highest BCUT2D eigenvalue weighted by atomic mass is 35.5. The van der Waals surface area contributed by atoms with E-state index in [2.05, 4.69) is 5.32 Å². The van der Waals surface area contributed by atoms with E-state index in [1.807, 2.05) is 6.07 Å². The van der Waals surface area contributed by atoms with Gasteiger partial charge in [-0.2, -0.15) is 0 Å². The van der Waals surface area contributed by atoms with Gasteiger partial charge in [-0.25, -0.2) is 0 Å². The lowest BCUT2D eigenvalue weighted by atomic mass is 10.1. The van der Waals surface area contributed by atoms with Crippen LogP contribution in [-0.4, -0.2) is 4.92 Å². The zero-order valence-corrected chi connectivity index (χ0v) is 12.2. The second-order valence-electron chi connectivity index (χ2n) is 4.33. The van der Waals surface area contributed by atoms with Gasteiger partial charge in [0.1, 0.15) is 0 Å². The fraction of sp³-hybridized carbons (Fsp3) is 0.143. The van der Waals surface area contributed by atoms with Crippen molar-refractivity contribution in [3.63, 3.8) is 0 Å². The smallest absolute Gasteiger partial charge is 0.272 e. The SMILES string of the molecule is Cc1c(CNc2cc(Cl)cc(Cl)c2)cccc1[N+](=O)[O-]. The predicted molar refractivity (Wildman–Crippen MR) is 81.6 cm³/mol. The number of hydrogen-bond donors (Lipinski definition) is 1. The van der Waals surface area contributed by atoms with Gasteiger partial charge in [0.25, 0.3) is 5.69 Å². The molecule has 0 aromatic heterocycles. The molecule has 6 heteroatoms. The predicted octanol–water partition coefficient (Wildman–Crippen LogP) is 4.82. The van der Waals surface area contributed by atoms with Crippen LogP contribution in [0.15, 0.2) is 36.4 Å². The van der Waals surface area contributed by atoms with Crippen LogP contribution >= 0.6 is 23.2 Å². The summed E-state index contributed by atoms with van der Waals surface area (Å²) in [7, 11) is 0. The number of nitro benzene ring substituents is 1.